The largest absolute Gasteiger partial charge is 0.477 e. The molecule has 156 valence electrons. The van der Waals surface area contributed by atoms with Gasteiger partial charge in [0.05, 0.1) is 11.5 Å². The summed E-state index contributed by atoms with van der Waals surface area (Å²) in [5.41, 5.74) is 1.89. The molecule has 1 aliphatic heterocycles. The minimum absolute atomic E-state index is 0.135. The Bertz CT molecular complexity index is 942. The Morgan fingerprint density at radius 2 is 1.97 bits per heavy atom. The number of likely N-dealkylation sites (tertiary alicyclic amines) is 1. The van der Waals surface area contributed by atoms with Gasteiger partial charge in [-0.1, -0.05) is 18.2 Å². The molecule has 0 spiro atoms. The van der Waals surface area contributed by atoms with Crippen LogP contribution < -0.4 is 4.74 Å². The number of rotatable bonds is 7. The van der Waals surface area contributed by atoms with E-state index in [9.17, 15) is 13.2 Å². The number of hydrogen-bond acceptors (Lipinski definition) is 5. The maximum Gasteiger partial charge on any atom is 0.222 e. The fourth-order valence-corrected chi connectivity index (χ4v) is 4.17. The number of aryl methyl sites for hydroxylation is 2. The fraction of sp³-hybridized carbons (Fsp3) is 0.455. The molecule has 7 heteroatoms. The topological polar surface area (TPSA) is 76.6 Å². The van der Waals surface area contributed by atoms with E-state index in [4.69, 9.17) is 4.74 Å². The van der Waals surface area contributed by atoms with Gasteiger partial charge in [0.1, 0.15) is 0 Å². The van der Waals surface area contributed by atoms with Crippen LogP contribution in [0.2, 0.25) is 0 Å². The molecule has 2 heterocycles. The molecule has 0 aliphatic carbocycles. The summed E-state index contributed by atoms with van der Waals surface area (Å²) in [6.07, 6.45) is 4.24. The molecule has 1 atom stereocenters. The van der Waals surface area contributed by atoms with Crippen molar-refractivity contribution in [3.05, 3.63) is 53.7 Å². The number of pyridine rings is 1. The van der Waals surface area contributed by atoms with E-state index in [-0.39, 0.29) is 5.91 Å². The molecule has 2 aromatic rings. The van der Waals surface area contributed by atoms with Crippen molar-refractivity contribution in [1.82, 2.24) is 9.88 Å². The third kappa shape index (κ3) is 6.29. The van der Waals surface area contributed by atoms with Crippen molar-refractivity contribution < 1.29 is 17.9 Å². The fourth-order valence-electron chi connectivity index (χ4n) is 3.54. The number of benzene rings is 1. The van der Waals surface area contributed by atoms with E-state index >= 15 is 0 Å². The minimum Gasteiger partial charge on any atom is -0.477 e. The zero-order valence-electron chi connectivity index (χ0n) is 17.0. The Morgan fingerprint density at radius 1 is 1.21 bits per heavy atom. The number of piperidine rings is 1. The van der Waals surface area contributed by atoms with E-state index in [0.29, 0.717) is 42.7 Å². The summed E-state index contributed by atoms with van der Waals surface area (Å²) in [4.78, 5) is 19.2. The first kappa shape index (κ1) is 21.3. The van der Waals surface area contributed by atoms with E-state index in [1.165, 1.54) is 6.26 Å². The van der Waals surface area contributed by atoms with Gasteiger partial charge >= 0.3 is 0 Å². The number of ether oxygens (including phenoxy) is 1. The van der Waals surface area contributed by atoms with E-state index in [0.717, 1.165) is 30.6 Å². The predicted octanol–water partition coefficient (Wildman–Crippen LogP) is 3.04. The number of nitrogens with zero attached hydrogens (tertiary/aromatic N) is 2. The molecule has 1 saturated heterocycles. The van der Waals surface area contributed by atoms with Gasteiger partial charge in [-0.25, -0.2) is 13.4 Å². The number of aromatic nitrogens is 1. The van der Waals surface area contributed by atoms with Crippen LogP contribution in [0.4, 0.5) is 0 Å². The molecule has 29 heavy (non-hydrogen) atoms. The smallest absolute Gasteiger partial charge is 0.222 e. The van der Waals surface area contributed by atoms with Gasteiger partial charge in [0, 0.05) is 43.4 Å². The van der Waals surface area contributed by atoms with E-state index < -0.39 is 9.84 Å². The molecule has 0 radical (unpaired) electrons. The summed E-state index contributed by atoms with van der Waals surface area (Å²) in [7, 11) is -3.19. The summed E-state index contributed by atoms with van der Waals surface area (Å²) in [5, 5.41) is 0. The highest BCUT2D eigenvalue weighted by Gasteiger charge is 2.24. The van der Waals surface area contributed by atoms with Crippen LogP contribution in [0.1, 0.15) is 30.5 Å². The van der Waals surface area contributed by atoms with Gasteiger partial charge in [-0.2, -0.15) is 0 Å². The van der Waals surface area contributed by atoms with Gasteiger partial charge in [-0.3, -0.25) is 4.79 Å². The molecule has 6 nitrogen and oxygen atoms in total. The summed E-state index contributed by atoms with van der Waals surface area (Å²) in [6, 6.07) is 12.5. The van der Waals surface area contributed by atoms with Crippen molar-refractivity contribution in [2.75, 3.05) is 26.0 Å². The highest BCUT2D eigenvalue weighted by Crippen LogP contribution is 2.20. The molecular weight excluding hydrogens is 388 g/mol. The average Bonchev–Trinajstić information content (AvgIpc) is 2.70. The SMILES string of the molecule is Cc1cccc(OCC2CCCN(C(=O)CCc3ccc(S(C)(=O)=O)cc3)C2)n1. The zero-order valence-corrected chi connectivity index (χ0v) is 17.8. The third-order valence-corrected chi connectivity index (χ3v) is 6.31. The third-order valence-electron chi connectivity index (χ3n) is 5.18. The summed E-state index contributed by atoms with van der Waals surface area (Å²) >= 11 is 0. The predicted molar refractivity (Wildman–Crippen MR) is 112 cm³/mol. The standard InChI is InChI=1S/C22H28N2O4S/c1-17-5-3-7-21(23-17)28-16-19-6-4-14-24(15-19)22(25)13-10-18-8-11-20(12-9-18)29(2,26)27/h3,5,7-9,11-12,19H,4,6,10,13-16H2,1-2H3. The first-order valence-electron chi connectivity index (χ1n) is 9.94. The quantitative estimate of drug-likeness (QED) is 0.693. The Kier molecular flexibility index (Phi) is 6.90. The molecule has 0 N–H and O–H groups in total. The van der Waals surface area contributed by atoms with Crippen molar-refractivity contribution in [3.8, 4) is 5.88 Å². The molecule has 1 aromatic heterocycles. The highest BCUT2D eigenvalue weighted by molar-refractivity contribution is 7.90. The first-order valence-corrected chi connectivity index (χ1v) is 11.8. The molecule has 0 saturated carbocycles. The molecule has 0 bridgehead atoms. The lowest BCUT2D eigenvalue weighted by molar-refractivity contribution is -0.133. The summed E-state index contributed by atoms with van der Waals surface area (Å²) in [6.45, 7) is 3.98. The monoisotopic (exact) mass is 416 g/mol. The van der Waals surface area contributed by atoms with E-state index in [2.05, 4.69) is 4.98 Å². The van der Waals surface area contributed by atoms with Gasteiger partial charge < -0.3 is 9.64 Å². The van der Waals surface area contributed by atoms with Crippen LogP contribution in [0.5, 0.6) is 5.88 Å². The maximum atomic E-state index is 12.6. The van der Waals surface area contributed by atoms with Crippen LogP contribution >= 0.6 is 0 Å². The highest BCUT2D eigenvalue weighted by atomic mass is 32.2. The van der Waals surface area contributed by atoms with Gasteiger partial charge in [-0.05, 0) is 49.9 Å². The number of carbonyl (C=O) groups is 1. The van der Waals surface area contributed by atoms with Crippen LogP contribution in [0, 0.1) is 12.8 Å². The maximum absolute atomic E-state index is 12.6. The number of hydrogen-bond donors (Lipinski definition) is 0. The van der Waals surface area contributed by atoms with Gasteiger partial charge in [0.2, 0.25) is 11.8 Å². The van der Waals surface area contributed by atoms with Gasteiger partial charge in [0.15, 0.2) is 9.84 Å². The van der Waals surface area contributed by atoms with Crippen LogP contribution in [-0.2, 0) is 21.1 Å². The second-order valence-electron chi connectivity index (χ2n) is 7.69. The van der Waals surface area contributed by atoms with E-state index in [1.54, 1.807) is 24.3 Å². The van der Waals surface area contributed by atoms with Crippen LogP contribution in [-0.4, -0.2) is 50.2 Å². The number of carbonyl (C=O) groups excluding carboxylic acids is 1. The van der Waals surface area contributed by atoms with Crippen LogP contribution in [0.3, 0.4) is 0 Å². The van der Waals surface area contributed by atoms with Gasteiger partial charge in [-0.15, -0.1) is 0 Å². The van der Waals surface area contributed by atoms with Crippen molar-refractivity contribution in [2.45, 2.75) is 37.5 Å². The molecule has 3 rings (SSSR count). The van der Waals surface area contributed by atoms with Crippen molar-refractivity contribution >= 4 is 15.7 Å². The number of amides is 1. The minimum atomic E-state index is -3.19. The van der Waals surface area contributed by atoms with E-state index in [1.807, 2.05) is 30.0 Å². The second-order valence-corrected chi connectivity index (χ2v) is 9.71. The average molecular weight is 417 g/mol. The lowest BCUT2D eigenvalue weighted by Gasteiger charge is -2.32. The van der Waals surface area contributed by atoms with Crippen molar-refractivity contribution in [2.24, 2.45) is 5.92 Å². The summed E-state index contributed by atoms with van der Waals surface area (Å²) in [5.74, 6) is 1.07. The Hall–Kier alpha value is -2.41. The molecular formula is C22H28N2O4S. The number of sulfone groups is 1. The molecule has 1 fully saturated rings. The van der Waals surface area contributed by atoms with Gasteiger partial charge in [0.25, 0.3) is 0 Å². The Morgan fingerprint density at radius 3 is 2.66 bits per heavy atom. The van der Waals surface area contributed by atoms with Crippen LogP contribution in [0.25, 0.3) is 0 Å². The van der Waals surface area contributed by atoms with Crippen molar-refractivity contribution in [3.63, 3.8) is 0 Å². The molecule has 1 aliphatic rings. The Labute approximate surface area is 172 Å². The summed E-state index contributed by atoms with van der Waals surface area (Å²) < 4.78 is 28.9. The normalized spacial score (nSPS) is 17.2. The Balaban J connectivity index is 1.48. The van der Waals surface area contributed by atoms with Crippen LogP contribution in [0.15, 0.2) is 47.4 Å². The van der Waals surface area contributed by atoms with Crippen molar-refractivity contribution in [1.29, 1.82) is 0 Å². The zero-order chi connectivity index (χ0) is 20.9. The molecule has 1 unspecified atom stereocenters. The molecule has 1 amide bonds. The first-order chi connectivity index (χ1) is 13.8. The lowest BCUT2D eigenvalue weighted by Crippen LogP contribution is -2.41. The lowest BCUT2D eigenvalue weighted by atomic mass is 9.98. The molecule has 1 aromatic carbocycles. The second kappa shape index (κ2) is 9.39.